The van der Waals surface area contributed by atoms with Crippen molar-refractivity contribution in [2.75, 3.05) is 5.73 Å². The molecule has 0 aliphatic rings. The van der Waals surface area contributed by atoms with Crippen LogP contribution in [0.4, 0.5) is 5.00 Å². The second-order valence-electron chi connectivity index (χ2n) is 2.39. The minimum absolute atomic E-state index is 0.774. The van der Waals surface area contributed by atoms with E-state index in [0.717, 1.165) is 28.1 Å². The highest BCUT2D eigenvalue weighted by molar-refractivity contribution is 8.04. The van der Waals surface area contributed by atoms with Crippen LogP contribution in [0.3, 0.4) is 0 Å². The van der Waals surface area contributed by atoms with E-state index in [4.69, 9.17) is 11.0 Å². The number of hydrogen-bond acceptors (Lipinski definition) is 4. The summed E-state index contributed by atoms with van der Waals surface area (Å²) in [6.45, 7) is 4.12. The summed E-state index contributed by atoms with van der Waals surface area (Å²) in [7, 11) is 0. The molecule has 0 amide bonds. The maximum absolute atomic E-state index is 8.51. The molecular formula is C8H10N2S2. The van der Waals surface area contributed by atoms with Crippen molar-refractivity contribution in [1.82, 2.24) is 0 Å². The zero-order valence-corrected chi connectivity index (χ0v) is 8.68. The number of nitrogens with two attached hydrogens (primary N) is 1. The minimum Gasteiger partial charge on any atom is -0.390 e. The molecule has 0 bridgehead atoms. The molecular weight excluding hydrogens is 188 g/mol. The summed E-state index contributed by atoms with van der Waals surface area (Å²) in [5, 5.41) is 11.3. The number of nitrogens with zero attached hydrogens (tertiary/aromatic N) is 1. The Labute approximate surface area is 80.4 Å². The van der Waals surface area contributed by atoms with Gasteiger partial charge in [-0.05, 0) is 30.7 Å². The molecule has 1 aromatic rings. The Bertz CT molecular complexity index is 323. The number of hydrogen-bond donors (Lipinski definition) is 1. The third kappa shape index (κ3) is 1.57. The molecule has 0 fully saturated rings. The van der Waals surface area contributed by atoms with Crippen LogP contribution >= 0.6 is 23.1 Å². The molecule has 0 aliphatic heterocycles. The maximum atomic E-state index is 8.51. The van der Waals surface area contributed by atoms with Crippen molar-refractivity contribution in [2.24, 2.45) is 0 Å². The number of nitriles is 1. The highest BCUT2D eigenvalue weighted by atomic mass is 32.2. The number of nitrogen functional groups attached to an aromatic ring is 1. The van der Waals surface area contributed by atoms with Crippen LogP contribution in [-0.2, 0) is 6.42 Å². The molecule has 1 heterocycles. The second-order valence-corrected chi connectivity index (χ2v) is 4.32. The van der Waals surface area contributed by atoms with Gasteiger partial charge >= 0.3 is 0 Å². The molecule has 0 atom stereocenters. The Morgan fingerprint density at radius 1 is 1.67 bits per heavy atom. The lowest BCUT2D eigenvalue weighted by molar-refractivity contribution is 1.14. The molecule has 0 radical (unpaired) electrons. The van der Waals surface area contributed by atoms with E-state index >= 15 is 0 Å². The maximum Gasteiger partial charge on any atom is 0.138 e. The average molecular weight is 198 g/mol. The fourth-order valence-electron chi connectivity index (χ4n) is 1.08. The van der Waals surface area contributed by atoms with Crippen molar-refractivity contribution in [3.63, 3.8) is 0 Å². The first-order chi connectivity index (χ1) is 5.70. The highest BCUT2D eigenvalue weighted by Crippen LogP contribution is 2.37. The largest absolute Gasteiger partial charge is 0.390 e. The van der Waals surface area contributed by atoms with Gasteiger partial charge in [-0.15, -0.1) is 11.3 Å². The van der Waals surface area contributed by atoms with Gasteiger partial charge < -0.3 is 5.73 Å². The van der Waals surface area contributed by atoms with Crippen molar-refractivity contribution >= 4 is 28.1 Å². The van der Waals surface area contributed by atoms with Gasteiger partial charge in [-0.1, -0.05) is 6.92 Å². The first-order valence-corrected chi connectivity index (χ1v) is 5.27. The zero-order valence-electron chi connectivity index (χ0n) is 7.05. The van der Waals surface area contributed by atoms with Crippen molar-refractivity contribution in [1.29, 1.82) is 5.26 Å². The molecule has 2 N–H and O–H groups in total. The van der Waals surface area contributed by atoms with E-state index in [-0.39, 0.29) is 0 Å². The third-order valence-electron chi connectivity index (χ3n) is 1.68. The van der Waals surface area contributed by atoms with Gasteiger partial charge in [0.25, 0.3) is 0 Å². The Morgan fingerprint density at radius 2 is 2.33 bits per heavy atom. The Hall–Kier alpha value is -0.660. The molecule has 4 heteroatoms. The van der Waals surface area contributed by atoms with Gasteiger partial charge in [-0.25, -0.2) is 0 Å². The van der Waals surface area contributed by atoms with Crippen molar-refractivity contribution in [3.8, 4) is 5.40 Å². The van der Waals surface area contributed by atoms with Crippen LogP contribution in [-0.4, -0.2) is 0 Å². The molecule has 2 nitrogen and oxygen atoms in total. The van der Waals surface area contributed by atoms with Crippen LogP contribution in [0.2, 0.25) is 0 Å². The molecule has 0 aromatic carbocycles. The quantitative estimate of drug-likeness (QED) is 0.587. The van der Waals surface area contributed by atoms with Crippen LogP contribution in [0.1, 0.15) is 17.4 Å². The predicted octanol–water partition coefficient (Wildman–Crippen LogP) is 2.77. The van der Waals surface area contributed by atoms with Gasteiger partial charge in [0.1, 0.15) is 10.4 Å². The predicted molar refractivity (Wildman–Crippen MR) is 54.3 cm³/mol. The van der Waals surface area contributed by atoms with Crippen LogP contribution in [0.15, 0.2) is 4.90 Å². The number of aryl methyl sites for hydroxylation is 1. The fraction of sp³-hybridized carbons (Fsp3) is 0.375. The Kier molecular flexibility index (Phi) is 3.01. The topological polar surface area (TPSA) is 49.8 Å². The van der Waals surface area contributed by atoms with Crippen LogP contribution < -0.4 is 5.73 Å². The van der Waals surface area contributed by atoms with Gasteiger partial charge in [0.2, 0.25) is 0 Å². The lowest BCUT2D eigenvalue weighted by Crippen LogP contribution is -1.81. The van der Waals surface area contributed by atoms with E-state index in [9.17, 15) is 0 Å². The SMILES string of the molecule is CCc1sc(N)c(SC#N)c1C. The van der Waals surface area contributed by atoms with E-state index in [1.165, 1.54) is 10.4 Å². The van der Waals surface area contributed by atoms with E-state index in [1.807, 2.05) is 12.3 Å². The molecule has 0 unspecified atom stereocenters. The summed E-state index contributed by atoms with van der Waals surface area (Å²) in [6.07, 6.45) is 0.993. The number of thioether (sulfide) groups is 1. The van der Waals surface area contributed by atoms with Crippen LogP contribution in [0.25, 0.3) is 0 Å². The monoisotopic (exact) mass is 198 g/mol. The lowest BCUT2D eigenvalue weighted by atomic mass is 10.2. The van der Waals surface area contributed by atoms with Gasteiger partial charge in [0.05, 0.1) is 4.90 Å². The fourth-order valence-corrected chi connectivity index (χ4v) is 2.77. The van der Waals surface area contributed by atoms with Crippen molar-refractivity contribution < 1.29 is 0 Å². The summed E-state index contributed by atoms with van der Waals surface area (Å²) >= 11 is 2.74. The molecule has 1 aromatic heterocycles. The van der Waals surface area contributed by atoms with Crippen LogP contribution in [0.5, 0.6) is 0 Å². The molecule has 1 rings (SSSR count). The summed E-state index contributed by atoms with van der Waals surface area (Å²) < 4.78 is 0. The van der Waals surface area contributed by atoms with E-state index < -0.39 is 0 Å². The van der Waals surface area contributed by atoms with Crippen molar-refractivity contribution in [2.45, 2.75) is 25.2 Å². The molecule has 0 saturated heterocycles. The third-order valence-corrected chi connectivity index (χ3v) is 3.90. The molecule has 64 valence electrons. The number of thiophene rings is 1. The standard InChI is InChI=1S/C8H10N2S2/c1-3-6-5(2)7(11-4-9)8(10)12-6/h3,10H2,1-2H3. The summed E-state index contributed by atoms with van der Waals surface area (Å²) in [4.78, 5) is 2.23. The number of rotatable bonds is 2. The normalized spacial score (nSPS) is 9.75. The van der Waals surface area contributed by atoms with Gasteiger partial charge in [0, 0.05) is 4.88 Å². The smallest absolute Gasteiger partial charge is 0.138 e. The minimum atomic E-state index is 0.774. The highest BCUT2D eigenvalue weighted by Gasteiger charge is 2.11. The van der Waals surface area contributed by atoms with Crippen LogP contribution in [0, 0.1) is 17.6 Å². The van der Waals surface area contributed by atoms with Gasteiger partial charge in [0.15, 0.2) is 0 Å². The summed E-state index contributed by atoms with van der Waals surface area (Å²) in [6, 6.07) is 0. The Balaban J connectivity index is 3.11. The molecule has 12 heavy (non-hydrogen) atoms. The number of anilines is 1. The lowest BCUT2D eigenvalue weighted by Gasteiger charge is -1.93. The average Bonchev–Trinajstić information content (AvgIpc) is 2.32. The summed E-state index contributed by atoms with van der Waals surface area (Å²) in [5.74, 6) is 0. The zero-order chi connectivity index (χ0) is 9.14. The van der Waals surface area contributed by atoms with Gasteiger partial charge in [-0.2, -0.15) is 5.26 Å². The first kappa shape index (κ1) is 9.43. The summed E-state index contributed by atoms with van der Waals surface area (Å²) in [5.41, 5.74) is 6.92. The second kappa shape index (κ2) is 3.83. The van der Waals surface area contributed by atoms with Crippen molar-refractivity contribution in [3.05, 3.63) is 10.4 Å². The number of thiocyanates is 1. The van der Waals surface area contributed by atoms with E-state index in [2.05, 4.69) is 6.92 Å². The van der Waals surface area contributed by atoms with Gasteiger partial charge in [-0.3, -0.25) is 0 Å². The molecule has 0 spiro atoms. The first-order valence-electron chi connectivity index (χ1n) is 3.64. The molecule has 0 saturated carbocycles. The van der Waals surface area contributed by atoms with E-state index in [0.29, 0.717) is 0 Å². The Morgan fingerprint density at radius 3 is 2.75 bits per heavy atom. The van der Waals surface area contributed by atoms with E-state index in [1.54, 1.807) is 11.3 Å². The molecule has 0 aliphatic carbocycles.